The van der Waals surface area contributed by atoms with E-state index in [1.165, 1.54) is 0 Å². The Morgan fingerprint density at radius 2 is 1.76 bits per heavy atom. The van der Waals surface area contributed by atoms with Gasteiger partial charge in [0.15, 0.2) is 0 Å². The van der Waals surface area contributed by atoms with Crippen LogP contribution in [0.15, 0.2) is 72.0 Å². The molecule has 0 unspecified atom stereocenters. The van der Waals surface area contributed by atoms with Crippen LogP contribution in [0, 0.1) is 0 Å². The van der Waals surface area contributed by atoms with Crippen molar-refractivity contribution in [2.45, 2.75) is 32.8 Å². The molecule has 0 aliphatic rings. The highest BCUT2D eigenvalue weighted by Crippen LogP contribution is 2.25. The zero-order chi connectivity index (χ0) is 21.6. The van der Waals surface area contributed by atoms with E-state index in [2.05, 4.69) is 27.4 Å². The van der Waals surface area contributed by atoms with Crippen LogP contribution in [0.4, 0.5) is 0 Å². The topological polar surface area (TPSA) is 68.5 Å². The molecule has 1 heterocycles. The van der Waals surface area contributed by atoms with Crippen molar-refractivity contribution in [3.63, 3.8) is 0 Å². The van der Waals surface area contributed by atoms with Crippen LogP contribution >= 0.6 is 0 Å². The molecule has 5 heteroatoms. The highest BCUT2D eigenvalue weighted by atomic mass is 16.5. The Balaban J connectivity index is 0.000000537. The molecule has 5 nitrogen and oxygen atoms in total. The number of carboxylic acid groups (broad SMARTS) is 1. The summed E-state index contributed by atoms with van der Waals surface area (Å²) in [4.78, 5) is 21.9. The van der Waals surface area contributed by atoms with Crippen molar-refractivity contribution >= 4 is 16.9 Å². The van der Waals surface area contributed by atoms with Gasteiger partial charge in [-0.1, -0.05) is 43.8 Å². The lowest BCUT2D eigenvalue weighted by Crippen LogP contribution is -2.26. The van der Waals surface area contributed by atoms with E-state index >= 15 is 0 Å². The van der Waals surface area contributed by atoms with Gasteiger partial charge in [0.05, 0.1) is 5.52 Å². The summed E-state index contributed by atoms with van der Waals surface area (Å²) in [5.74, 6) is -0.159. The van der Waals surface area contributed by atoms with Crippen LogP contribution in [0.2, 0.25) is 0 Å². The number of hydrogen-bond donors (Lipinski definition) is 1. The summed E-state index contributed by atoms with van der Waals surface area (Å²) in [6.07, 6.45) is 1.76. The number of para-hydroxylation sites is 1. The van der Waals surface area contributed by atoms with Gasteiger partial charge in [-0.3, -0.25) is 4.79 Å². The number of carbonyl (C=O) groups is 1. The van der Waals surface area contributed by atoms with Gasteiger partial charge in [0, 0.05) is 18.7 Å². The van der Waals surface area contributed by atoms with Gasteiger partial charge in [-0.25, -0.2) is 4.79 Å². The highest BCUT2D eigenvalue weighted by Gasteiger charge is 2.17. The number of ether oxygens (including phenoxy) is 1. The quantitative estimate of drug-likeness (QED) is 0.617. The maximum Gasteiger partial charge on any atom is 0.327 e. The number of aliphatic carboxylic acids is 1. The Morgan fingerprint density at radius 3 is 2.31 bits per heavy atom. The maximum atomic E-state index is 12.7. The fraction of sp³-hybridized carbons (Fsp3) is 0.250. The van der Waals surface area contributed by atoms with E-state index in [0.717, 1.165) is 34.7 Å². The van der Waals surface area contributed by atoms with Crippen molar-refractivity contribution in [2.24, 2.45) is 7.05 Å². The van der Waals surface area contributed by atoms with E-state index < -0.39 is 5.97 Å². The monoisotopic (exact) mass is 393 g/mol. The van der Waals surface area contributed by atoms with E-state index in [1.807, 2.05) is 61.6 Å². The molecule has 0 fully saturated rings. The first-order valence-electron chi connectivity index (χ1n) is 9.42. The summed E-state index contributed by atoms with van der Waals surface area (Å²) < 4.78 is 7.69. The summed E-state index contributed by atoms with van der Waals surface area (Å²) in [6, 6.07) is 17.7. The van der Waals surface area contributed by atoms with Gasteiger partial charge in [0.1, 0.15) is 11.4 Å². The van der Waals surface area contributed by atoms with Gasteiger partial charge in [-0.15, -0.1) is 0 Å². The third-order valence-electron chi connectivity index (χ3n) is 4.72. The van der Waals surface area contributed by atoms with E-state index in [0.29, 0.717) is 5.56 Å². The molecule has 3 aromatic rings. The summed E-state index contributed by atoms with van der Waals surface area (Å²) >= 11 is 0. The fourth-order valence-corrected chi connectivity index (χ4v) is 2.72. The number of nitrogens with zero attached hydrogens (tertiary/aromatic N) is 1. The molecule has 0 radical (unpaired) electrons. The van der Waals surface area contributed by atoms with Crippen LogP contribution in [-0.4, -0.2) is 21.2 Å². The van der Waals surface area contributed by atoms with Gasteiger partial charge >= 0.3 is 5.97 Å². The van der Waals surface area contributed by atoms with Crippen LogP contribution < -0.4 is 10.3 Å². The molecule has 29 heavy (non-hydrogen) atoms. The number of fused-ring (bicyclic) bond motifs is 1. The number of aryl methyl sites for hydroxylation is 1. The van der Waals surface area contributed by atoms with Crippen molar-refractivity contribution in [2.75, 3.05) is 0 Å². The van der Waals surface area contributed by atoms with E-state index in [-0.39, 0.29) is 11.2 Å². The Bertz CT molecular complexity index is 1060. The molecule has 1 N–H and O–H groups in total. The van der Waals surface area contributed by atoms with Gasteiger partial charge in [0.2, 0.25) is 0 Å². The van der Waals surface area contributed by atoms with Crippen LogP contribution in [0.5, 0.6) is 5.75 Å². The van der Waals surface area contributed by atoms with Crippen molar-refractivity contribution in [1.82, 2.24) is 4.57 Å². The van der Waals surface area contributed by atoms with E-state index in [1.54, 1.807) is 4.57 Å². The van der Waals surface area contributed by atoms with Gasteiger partial charge in [0.25, 0.3) is 5.56 Å². The van der Waals surface area contributed by atoms with Gasteiger partial charge in [-0.05, 0) is 55.5 Å². The third-order valence-corrected chi connectivity index (χ3v) is 4.72. The minimum absolute atomic E-state index is 0.0104. The van der Waals surface area contributed by atoms with Crippen molar-refractivity contribution in [3.05, 3.63) is 77.6 Å². The molecular formula is C24H27NO4. The molecule has 1 aromatic heterocycles. The molecule has 0 atom stereocenters. The lowest BCUT2D eigenvalue weighted by molar-refractivity contribution is -0.131. The van der Waals surface area contributed by atoms with Crippen molar-refractivity contribution < 1.29 is 14.6 Å². The second-order valence-corrected chi connectivity index (χ2v) is 7.26. The molecule has 0 bridgehead atoms. The average Bonchev–Trinajstić information content (AvgIpc) is 2.71. The SMILES string of the molecule is C=CC(=O)O.CCC(C)(C)Oc1ccc(-c2cc3ccccc3n(C)c2=O)cc1. The molecule has 0 saturated carbocycles. The molecule has 0 aliphatic carbocycles. The Hall–Kier alpha value is -3.34. The predicted octanol–water partition coefficient (Wildman–Crippen LogP) is 5.03. The predicted molar refractivity (Wildman–Crippen MR) is 117 cm³/mol. The minimum Gasteiger partial charge on any atom is -0.488 e. The Labute approximate surface area is 170 Å². The lowest BCUT2D eigenvalue weighted by Gasteiger charge is -2.24. The van der Waals surface area contributed by atoms with Crippen LogP contribution in [-0.2, 0) is 11.8 Å². The molecule has 0 saturated heterocycles. The summed E-state index contributed by atoms with van der Waals surface area (Å²) in [5.41, 5.74) is 2.37. The number of hydrogen-bond acceptors (Lipinski definition) is 3. The zero-order valence-corrected chi connectivity index (χ0v) is 17.3. The first-order valence-corrected chi connectivity index (χ1v) is 9.42. The molecule has 0 amide bonds. The third kappa shape index (κ3) is 5.57. The highest BCUT2D eigenvalue weighted by molar-refractivity contribution is 5.84. The molecule has 2 aromatic carbocycles. The number of aromatic nitrogens is 1. The molecule has 152 valence electrons. The molecule has 0 aliphatic heterocycles. The van der Waals surface area contributed by atoms with Crippen LogP contribution in [0.1, 0.15) is 27.2 Å². The van der Waals surface area contributed by atoms with Crippen LogP contribution in [0.25, 0.3) is 22.0 Å². The van der Waals surface area contributed by atoms with E-state index in [9.17, 15) is 9.59 Å². The summed E-state index contributed by atoms with van der Waals surface area (Å²) in [6.45, 7) is 9.20. The van der Waals surface area contributed by atoms with Crippen molar-refractivity contribution in [1.29, 1.82) is 0 Å². The second kappa shape index (κ2) is 9.24. The Kier molecular flexibility index (Phi) is 6.99. The van der Waals surface area contributed by atoms with Crippen molar-refractivity contribution in [3.8, 4) is 16.9 Å². The van der Waals surface area contributed by atoms with Gasteiger partial charge < -0.3 is 14.4 Å². The number of pyridine rings is 1. The second-order valence-electron chi connectivity index (χ2n) is 7.26. The summed E-state index contributed by atoms with van der Waals surface area (Å²) in [5, 5.41) is 8.66. The minimum atomic E-state index is -0.981. The lowest BCUT2D eigenvalue weighted by atomic mass is 10.0. The normalized spacial score (nSPS) is 10.8. The first kappa shape index (κ1) is 22.0. The molecule has 3 rings (SSSR count). The molecule has 0 spiro atoms. The fourth-order valence-electron chi connectivity index (χ4n) is 2.72. The molecular weight excluding hydrogens is 366 g/mol. The standard InChI is InChI=1S/C21H23NO2.C3H4O2/c1-5-21(2,3)24-17-12-10-15(11-13-17)18-14-16-8-6-7-9-19(16)22(4)20(18)23;1-2-3(4)5/h6-14H,5H2,1-4H3;2H,1H2,(H,4,5). The number of benzene rings is 2. The number of rotatable bonds is 5. The zero-order valence-electron chi connectivity index (χ0n) is 17.3. The maximum absolute atomic E-state index is 12.7. The summed E-state index contributed by atoms with van der Waals surface area (Å²) in [7, 11) is 1.81. The average molecular weight is 393 g/mol. The smallest absolute Gasteiger partial charge is 0.327 e. The van der Waals surface area contributed by atoms with E-state index in [4.69, 9.17) is 9.84 Å². The largest absolute Gasteiger partial charge is 0.488 e. The Morgan fingerprint density at radius 1 is 1.17 bits per heavy atom. The first-order chi connectivity index (χ1) is 13.7. The number of carboxylic acids is 1. The van der Waals surface area contributed by atoms with Gasteiger partial charge in [-0.2, -0.15) is 0 Å². The van der Waals surface area contributed by atoms with Crippen LogP contribution in [0.3, 0.4) is 0 Å².